The first-order valence-corrected chi connectivity index (χ1v) is 14.5. The lowest BCUT2D eigenvalue weighted by molar-refractivity contribution is -0.124. The smallest absolute Gasteiger partial charge is 0.408 e. The van der Waals surface area contributed by atoms with Crippen molar-refractivity contribution < 1.29 is 24.2 Å². The van der Waals surface area contributed by atoms with Gasteiger partial charge in [0.1, 0.15) is 12.6 Å². The zero-order chi connectivity index (χ0) is 28.5. The minimum Gasteiger partial charge on any atom is -0.445 e. The summed E-state index contributed by atoms with van der Waals surface area (Å²) in [6, 6.07) is 5.73. The Balaban J connectivity index is 1.83. The van der Waals surface area contributed by atoms with E-state index in [1.54, 1.807) is 18.2 Å². The molecule has 0 radical (unpaired) electrons. The minimum absolute atomic E-state index is 0.0513. The highest BCUT2D eigenvalue weighted by atomic mass is 35.5. The van der Waals surface area contributed by atoms with Crippen LogP contribution in [-0.2, 0) is 16.1 Å². The number of carbonyl (C=O) groups is 3. The average molecular weight is 568 g/mol. The van der Waals surface area contributed by atoms with E-state index in [4.69, 9.17) is 16.3 Å². The number of urea groups is 1. The molecule has 220 valence electrons. The highest BCUT2D eigenvalue weighted by Gasteiger charge is 2.28. The van der Waals surface area contributed by atoms with E-state index in [0.29, 0.717) is 43.4 Å². The number of halogens is 1. The number of rotatable bonds is 16. The van der Waals surface area contributed by atoms with Crippen LogP contribution in [-0.4, -0.2) is 80.0 Å². The number of carbonyl (C=O) groups excluding carboxylic acids is 3. The van der Waals surface area contributed by atoms with Crippen LogP contribution in [0.5, 0.6) is 0 Å². The van der Waals surface area contributed by atoms with Crippen LogP contribution in [0.3, 0.4) is 0 Å². The second-order valence-electron chi connectivity index (χ2n) is 10.3. The molecule has 0 saturated heterocycles. The number of alkyl carbamates (subject to hydrolysis) is 1. The van der Waals surface area contributed by atoms with Gasteiger partial charge in [0, 0.05) is 24.7 Å². The Morgan fingerprint density at radius 1 is 1.13 bits per heavy atom. The van der Waals surface area contributed by atoms with Crippen molar-refractivity contribution in [2.24, 2.45) is 5.92 Å². The summed E-state index contributed by atoms with van der Waals surface area (Å²) in [5.74, 6) is 0.0517. The third-order valence-corrected chi connectivity index (χ3v) is 7.17. The molecule has 4 amide bonds. The van der Waals surface area contributed by atoms with Gasteiger partial charge in [-0.05, 0) is 63.4 Å². The molecule has 10 nitrogen and oxygen atoms in total. The van der Waals surface area contributed by atoms with E-state index in [1.807, 2.05) is 20.0 Å². The maximum absolute atomic E-state index is 13.2. The monoisotopic (exact) mass is 567 g/mol. The van der Waals surface area contributed by atoms with Crippen molar-refractivity contribution in [2.45, 2.75) is 77.0 Å². The minimum atomic E-state index is -0.739. The Morgan fingerprint density at radius 2 is 1.90 bits per heavy atom. The quantitative estimate of drug-likeness (QED) is 0.208. The summed E-state index contributed by atoms with van der Waals surface area (Å²) in [7, 11) is 1.96. The molecule has 0 unspecified atom stereocenters. The van der Waals surface area contributed by atoms with Crippen molar-refractivity contribution in [3.8, 4) is 0 Å². The van der Waals surface area contributed by atoms with Crippen molar-refractivity contribution in [3.05, 3.63) is 34.9 Å². The summed E-state index contributed by atoms with van der Waals surface area (Å²) in [5, 5.41) is 21.6. The van der Waals surface area contributed by atoms with Gasteiger partial charge >= 0.3 is 12.1 Å². The molecule has 11 heteroatoms. The van der Waals surface area contributed by atoms with Crippen molar-refractivity contribution in [1.82, 2.24) is 26.2 Å². The Morgan fingerprint density at radius 3 is 2.59 bits per heavy atom. The molecule has 1 aliphatic carbocycles. The SMILES string of the molecule is CCNC(=O)NCCN(C)CCC[C@@H](CO)NC(=O)[C@H](CC1CCCCC1)NC(=O)OCc1cccc(Cl)c1. The van der Waals surface area contributed by atoms with Gasteiger partial charge in [0.15, 0.2) is 0 Å². The van der Waals surface area contributed by atoms with Gasteiger partial charge in [0.05, 0.1) is 12.6 Å². The van der Waals surface area contributed by atoms with Crippen molar-refractivity contribution in [3.63, 3.8) is 0 Å². The molecular formula is C28H46ClN5O5. The predicted octanol–water partition coefficient (Wildman–Crippen LogP) is 3.41. The molecular weight excluding hydrogens is 522 g/mol. The molecule has 2 atom stereocenters. The van der Waals surface area contributed by atoms with Crippen LogP contribution in [0.2, 0.25) is 5.02 Å². The molecule has 1 fully saturated rings. The summed E-state index contributed by atoms with van der Waals surface area (Å²) < 4.78 is 5.36. The fourth-order valence-electron chi connectivity index (χ4n) is 4.76. The van der Waals surface area contributed by atoms with Crippen LogP contribution in [0, 0.1) is 5.92 Å². The van der Waals surface area contributed by atoms with Gasteiger partial charge in [-0.2, -0.15) is 0 Å². The number of benzene rings is 1. The highest BCUT2D eigenvalue weighted by molar-refractivity contribution is 6.30. The molecule has 1 saturated carbocycles. The third kappa shape index (κ3) is 13.9. The lowest BCUT2D eigenvalue weighted by Gasteiger charge is -2.28. The molecule has 0 aromatic heterocycles. The number of nitrogens with one attached hydrogen (secondary N) is 4. The third-order valence-electron chi connectivity index (χ3n) is 6.94. The van der Waals surface area contributed by atoms with E-state index >= 15 is 0 Å². The van der Waals surface area contributed by atoms with Crippen molar-refractivity contribution in [2.75, 3.05) is 39.8 Å². The fraction of sp³-hybridized carbons (Fsp3) is 0.679. The first kappa shape index (κ1) is 32.7. The first-order chi connectivity index (χ1) is 18.8. The van der Waals surface area contributed by atoms with E-state index in [1.165, 1.54) is 6.42 Å². The summed E-state index contributed by atoms with van der Waals surface area (Å²) >= 11 is 6.00. The summed E-state index contributed by atoms with van der Waals surface area (Å²) in [6.45, 7) is 4.28. The predicted molar refractivity (Wildman–Crippen MR) is 153 cm³/mol. The van der Waals surface area contributed by atoms with Gasteiger partial charge in [-0.15, -0.1) is 0 Å². The van der Waals surface area contributed by atoms with E-state index in [9.17, 15) is 19.5 Å². The Hall–Kier alpha value is -2.56. The zero-order valence-corrected chi connectivity index (χ0v) is 24.1. The summed E-state index contributed by atoms with van der Waals surface area (Å²) in [4.78, 5) is 39.4. The van der Waals surface area contributed by atoms with Gasteiger partial charge in [0.25, 0.3) is 0 Å². The number of ether oxygens (including phenoxy) is 1. The van der Waals surface area contributed by atoms with E-state index in [-0.39, 0.29) is 25.2 Å². The maximum Gasteiger partial charge on any atom is 0.408 e. The van der Waals surface area contributed by atoms with Gasteiger partial charge in [0.2, 0.25) is 5.91 Å². The standard InChI is InChI=1S/C28H46ClN5O5/c1-3-30-27(37)31-14-16-34(2)15-8-13-24(19-35)32-26(36)25(18-21-9-5-4-6-10-21)33-28(38)39-20-22-11-7-12-23(29)17-22/h7,11-12,17,21,24-25,35H,3-6,8-10,13-16,18-20H2,1-2H3,(H,32,36)(H,33,38)(H2,30,31,37)/t24-,25-/m0/s1. The van der Waals surface area contributed by atoms with Crippen LogP contribution >= 0.6 is 11.6 Å². The normalized spacial score (nSPS) is 15.3. The lowest BCUT2D eigenvalue weighted by Crippen LogP contribution is -2.51. The van der Waals surface area contributed by atoms with E-state index < -0.39 is 18.2 Å². The van der Waals surface area contributed by atoms with E-state index in [2.05, 4.69) is 26.2 Å². The summed E-state index contributed by atoms with van der Waals surface area (Å²) in [5.41, 5.74) is 0.760. The number of aliphatic hydroxyl groups is 1. The topological polar surface area (TPSA) is 132 Å². The molecule has 1 aliphatic rings. The zero-order valence-electron chi connectivity index (χ0n) is 23.3. The number of likely N-dealkylation sites (N-methyl/N-ethyl adjacent to an activating group) is 1. The fourth-order valence-corrected chi connectivity index (χ4v) is 4.97. The van der Waals surface area contributed by atoms with Crippen molar-refractivity contribution >= 4 is 29.6 Å². The maximum atomic E-state index is 13.2. The molecule has 0 aliphatic heterocycles. The van der Waals surface area contributed by atoms with E-state index in [0.717, 1.165) is 44.2 Å². The van der Waals surface area contributed by atoms with Crippen LogP contribution in [0.1, 0.15) is 63.9 Å². The molecule has 39 heavy (non-hydrogen) atoms. The highest BCUT2D eigenvalue weighted by Crippen LogP contribution is 2.27. The molecule has 1 aromatic carbocycles. The van der Waals surface area contributed by atoms with Gasteiger partial charge in [-0.25, -0.2) is 9.59 Å². The Labute approximate surface area is 237 Å². The van der Waals surface area contributed by atoms with Crippen LogP contribution in [0.25, 0.3) is 0 Å². The number of amides is 4. The van der Waals surface area contributed by atoms with Gasteiger partial charge in [-0.3, -0.25) is 4.79 Å². The Kier molecular flexibility index (Phi) is 15.6. The molecule has 0 heterocycles. The average Bonchev–Trinajstić information content (AvgIpc) is 2.91. The molecule has 2 rings (SSSR count). The van der Waals surface area contributed by atoms with Gasteiger partial charge in [-0.1, -0.05) is 55.8 Å². The first-order valence-electron chi connectivity index (χ1n) is 14.1. The largest absolute Gasteiger partial charge is 0.445 e. The van der Waals surface area contributed by atoms with Gasteiger partial charge < -0.3 is 36.0 Å². The van der Waals surface area contributed by atoms with Crippen LogP contribution in [0.4, 0.5) is 9.59 Å². The molecule has 1 aromatic rings. The number of hydrogen-bond acceptors (Lipinski definition) is 6. The second kappa shape index (κ2) is 18.7. The number of nitrogens with zero attached hydrogens (tertiary/aromatic N) is 1. The van der Waals surface area contributed by atoms with Crippen molar-refractivity contribution in [1.29, 1.82) is 0 Å². The lowest BCUT2D eigenvalue weighted by atomic mass is 9.84. The van der Waals surface area contributed by atoms with Crippen LogP contribution in [0.15, 0.2) is 24.3 Å². The number of aliphatic hydroxyl groups excluding tert-OH is 1. The number of hydrogen-bond donors (Lipinski definition) is 5. The molecule has 0 bridgehead atoms. The molecule has 5 N–H and O–H groups in total. The Bertz CT molecular complexity index is 884. The second-order valence-corrected chi connectivity index (χ2v) is 10.7. The van der Waals surface area contributed by atoms with Crippen LogP contribution < -0.4 is 21.3 Å². The summed E-state index contributed by atoms with van der Waals surface area (Å²) in [6.07, 6.45) is 6.75. The molecule has 0 spiro atoms.